The lowest BCUT2D eigenvalue weighted by atomic mass is 9.48. The van der Waals surface area contributed by atoms with E-state index in [0.717, 1.165) is 6.42 Å². The molecule has 15 heteroatoms. The zero-order valence-electron chi connectivity index (χ0n) is 34.2. The molecule has 4 saturated carbocycles. The van der Waals surface area contributed by atoms with Crippen molar-refractivity contribution in [3.63, 3.8) is 0 Å². The Morgan fingerprint density at radius 1 is 0.929 bits per heavy atom. The Labute approximate surface area is 328 Å². The fourth-order valence-corrected chi connectivity index (χ4v) is 13.1. The highest BCUT2D eigenvalue weighted by Crippen LogP contribution is 2.78. The molecule has 5 N–H and O–H groups in total. The minimum Gasteiger partial charge on any atom is -0.458 e. The van der Waals surface area contributed by atoms with Crippen molar-refractivity contribution in [2.24, 2.45) is 46.8 Å². The summed E-state index contributed by atoms with van der Waals surface area (Å²) in [5.41, 5.74) is -8.37. The number of rotatable bonds is 8. The van der Waals surface area contributed by atoms with Crippen LogP contribution in [0.4, 0.5) is 0 Å². The Bertz CT molecular complexity index is 1620. The van der Waals surface area contributed by atoms with Crippen LogP contribution in [0.2, 0.25) is 0 Å². The second-order valence-electron chi connectivity index (χ2n) is 19.2. The van der Waals surface area contributed by atoms with Crippen LogP contribution in [0.25, 0.3) is 0 Å². The van der Waals surface area contributed by atoms with Gasteiger partial charge in [-0.3, -0.25) is 19.3 Å². The Hall–Kier alpha value is -2.40. The summed E-state index contributed by atoms with van der Waals surface area (Å²) in [6, 6.07) is -0.309. The van der Waals surface area contributed by atoms with E-state index in [0.29, 0.717) is 31.8 Å². The van der Waals surface area contributed by atoms with Crippen molar-refractivity contribution in [2.45, 2.75) is 172 Å². The van der Waals surface area contributed by atoms with Gasteiger partial charge in [-0.15, -0.1) is 0 Å². The number of aliphatic hydroxyl groups is 5. The molecule has 0 aromatic heterocycles. The number of carbonyl (C=O) groups excluding carboxylic acids is 4. The fourth-order valence-electron chi connectivity index (χ4n) is 13.1. The van der Waals surface area contributed by atoms with Gasteiger partial charge in [-0.2, -0.15) is 0 Å². The number of aliphatic hydroxyl groups excluding tert-OH is 1. The number of nitrogens with zero attached hydrogens (tertiary/aromatic N) is 1. The number of fused-ring (bicyclic) bond motifs is 5. The fraction of sp³-hybridized carbons (Fsp3) is 0.902. The molecule has 0 aromatic carbocycles. The van der Waals surface area contributed by atoms with Gasteiger partial charge in [-0.05, 0) is 76.5 Å². The van der Waals surface area contributed by atoms with Gasteiger partial charge in [0.15, 0.2) is 17.8 Å². The first-order chi connectivity index (χ1) is 26.0. The first-order valence-electron chi connectivity index (χ1n) is 20.7. The molecule has 0 aromatic rings. The van der Waals surface area contributed by atoms with Crippen molar-refractivity contribution in [1.29, 1.82) is 0 Å². The van der Waals surface area contributed by atoms with Crippen molar-refractivity contribution in [3.05, 3.63) is 0 Å². The lowest BCUT2D eigenvalue weighted by Gasteiger charge is -2.64. The minimum absolute atomic E-state index is 0.0107. The van der Waals surface area contributed by atoms with Crippen LogP contribution in [0.1, 0.15) is 107 Å². The summed E-state index contributed by atoms with van der Waals surface area (Å²) in [5, 5.41) is 62.9. The molecule has 4 aliphatic carbocycles. The van der Waals surface area contributed by atoms with Crippen molar-refractivity contribution in [1.82, 2.24) is 4.90 Å². The normalized spacial score (nSPS) is 50.5. The Morgan fingerprint density at radius 2 is 1.55 bits per heavy atom. The van der Waals surface area contributed by atoms with Crippen LogP contribution in [-0.4, -0.2) is 132 Å². The van der Waals surface area contributed by atoms with E-state index in [1.54, 1.807) is 20.8 Å². The smallest absolute Gasteiger partial charge is 0.338 e. The van der Waals surface area contributed by atoms with Crippen LogP contribution in [-0.2, 0) is 42.9 Å². The quantitative estimate of drug-likeness (QED) is 0.174. The summed E-state index contributed by atoms with van der Waals surface area (Å²) < 4.78 is 31.3. The van der Waals surface area contributed by atoms with Gasteiger partial charge >= 0.3 is 23.9 Å². The predicted molar refractivity (Wildman–Crippen MR) is 195 cm³/mol. The molecule has 15 nitrogen and oxygen atoms in total. The standard InChI is InChI=1S/C41H63NO14/c1-10-20(4)34(46)55-33-28(45)27-23(18-42-17-19(3)12-13-25(42)38(27,9)49)24-16-39-32(40(24,33)50)30(53-22(6)44)29(52-21(5)43)31-36(39,7)15-14-26(41(31,51)56-39)54-35(47)37(8,48)11-2/h19-20,23-33,45,48-51H,10-18H2,1-9H3/t19?,20?,23?,24?,25?,26?,27?,28?,29?,30?,31?,32?,33?,36?,37?,38?,39-,40-,41-/m0/s1. The highest BCUT2D eigenvalue weighted by Gasteiger charge is 2.90. The van der Waals surface area contributed by atoms with Gasteiger partial charge in [0.05, 0.1) is 35.1 Å². The van der Waals surface area contributed by atoms with Gasteiger partial charge in [0, 0.05) is 44.3 Å². The molecule has 316 valence electrons. The van der Waals surface area contributed by atoms with Crippen molar-refractivity contribution < 1.29 is 68.4 Å². The third kappa shape index (κ3) is 5.60. The van der Waals surface area contributed by atoms with Gasteiger partial charge in [0.25, 0.3) is 0 Å². The average molecular weight is 794 g/mol. The molecule has 7 aliphatic rings. The van der Waals surface area contributed by atoms with Gasteiger partial charge < -0.3 is 49.2 Å². The minimum atomic E-state index is -2.38. The Kier molecular flexibility index (Phi) is 10.1. The van der Waals surface area contributed by atoms with E-state index in [4.69, 9.17) is 23.7 Å². The number of hydrogen-bond acceptors (Lipinski definition) is 15. The lowest BCUT2D eigenvalue weighted by molar-refractivity contribution is -0.301. The first-order valence-corrected chi connectivity index (χ1v) is 20.7. The van der Waals surface area contributed by atoms with E-state index in [1.165, 1.54) is 20.8 Å². The molecule has 3 saturated heterocycles. The maximum Gasteiger partial charge on any atom is 0.338 e. The topological polar surface area (TPSA) is 219 Å². The summed E-state index contributed by atoms with van der Waals surface area (Å²) in [4.78, 5) is 55.6. The third-order valence-electron chi connectivity index (χ3n) is 16.0. The van der Waals surface area contributed by atoms with Gasteiger partial charge in [-0.25, -0.2) is 4.79 Å². The van der Waals surface area contributed by atoms with Crippen LogP contribution in [0.15, 0.2) is 0 Å². The largest absolute Gasteiger partial charge is 0.458 e. The highest BCUT2D eigenvalue weighted by atomic mass is 16.7. The molecule has 19 atom stereocenters. The molecular weight excluding hydrogens is 730 g/mol. The number of hydrogen-bond donors (Lipinski definition) is 5. The highest BCUT2D eigenvalue weighted by molar-refractivity contribution is 5.79. The van der Waals surface area contributed by atoms with Crippen LogP contribution in [0.3, 0.4) is 0 Å². The summed E-state index contributed by atoms with van der Waals surface area (Å²) >= 11 is 0. The molecule has 4 bridgehead atoms. The average Bonchev–Trinajstić information content (AvgIpc) is 3.40. The van der Waals surface area contributed by atoms with Crippen LogP contribution < -0.4 is 0 Å². The van der Waals surface area contributed by atoms with Crippen molar-refractivity contribution >= 4 is 23.9 Å². The summed E-state index contributed by atoms with van der Waals surface area (Å²) in [5.74, 6) is -10.8. The molecule has 7 rings (SSSR count). The lowest BCUT2D eigenvalue weighted by Crippen LogP contribution is -2.78. The van der Waals surface area contributed by atoms with Crippen LogP contribution >= 0.6 is 0 Å². The third-order valence-corrected chi connectivity index (χ3v) is 16.0. The summed E-state index contributed by atoms with van der Waals surface area (Å²) in [6.45, 7) is 15.5. The monoisotopic (exact) mass is 793 g/mol. The number of esters is 4. The molecule has 1 spiro atoms. The van der Waals surface area contributed by atoms with E-state index in [-0.39, 0.29) is 31.7 Å². The van der Waals surface area contributed by atoms with Crippen LogP contribution in [0, 0.1) is 46.8 Å². The maximum absolute atomic E-state index is 13.9. The summed E-state index contributed by atoms with van der Waals surface area (Å²) in [6.07, 6.45) is -5.31. The molecule has 3 aliphatic heterocycles. The number of carbonyl (C=O) groups is 4. The predicted octanol–water partition coefficient (Wildman–Crippen LogP) is 1.61. The molecule has 3 heterocycles. The van der Waals surface area contributed by atoms with Crippen molar-refractivity contribution in [2.75, 3.05) is 13.1 Å². The maximum atomic E-state index is 13.9. The van der Waals surface area contributed by atoms with E-state index in [1.807, 2.05) is 13.8 Å². The van der Waals surface area contributed by atoms with Gasteiger partial charge in [0.2, 0.25) is 5.79 Å². The molecule has 0 amide bonds. The van der Waals surface area contributed by atoms with Gasteiger partial charge in [-0.1, -0.05) is 34.6 Å². The molecule has 56 heavy (non-hydrogen) atoms. The second kappa shape index (κ2) is 13.6. The Morgan fingerprint density at radius 3 is 2.14 bits per heavy atom. The zero-order valence-corrected chi connectivity index (χ0v) is 34.2. The first kappa shape index (κ1) is 41.7. The zero-order chi connectivity index (χ0) is 41.3. The van der Waals surface area contributed by atoms with Gasteiger partial charge in [0.1, 0.15) is 17.8 Å². The van der Waals surface area contributed by atoms with Crippen LogP contribution in [0.5, 0.6) is 0 Å². The van der Waals surface area contributed by atoms with E-state index >= 15 is 0 Å². The van der Waals surface area contributed by atoms with E-state index in [9.17, 15) is 44.7 Å². The van der Waals surface area contributed by atoms with Crippen molar-refractivity contribution in [3.8, 4) is 0 Å². The van der Waals surface area contributed by atoms with E-state index in [2.05, 4.69) is 11.8 Å². The summed E-state index contributed by atoms with van der Waals surface area (Å²) in [7, 11) is 0. The SMILES string of the molecule is CCC(C)C(=O)OC1C(O)C2C(CN3CC(C)CCC3C2(C)O)C2C[C@@]34O[C@@]5(O)C(OC(=O)C(C)(O)CC)CCC3(C)C5C(OC(C)=O)C(OC(C)=O)C4[C@@]21O. The molecule has 0 radical (unpaired) electrons. The number of piperidine rings is 2. The molecule has 7 fully saturated rings. The number of ether oxygens (including phenoxy) is 5. The second-order valence-corrected chi connectivity index (χ2v) is 19.2. The molecular formula is C41H63NO14. The Balaban J connectivity index is 1.45. The van der Waals surface area contributed by atoms with E-state index < -0.39 is 124 Å². The molecule has 16 unspecified atom stereocenters.